The van der Waals surface area contributed by atoms with Crippen LogP contribution in [0.5, 0.6) is 5.75 Å². The normalized spacial score (nSPS) is 17.3. The van der Waals surface area contributed by atoms with Crippen molar-refractivity contribution >= 4 is 45.9 Å². The van der Waals surface area contributed by atoms with E-state index in [0.717, 1.165) is 56.4 Å². The molecule has 0 radical (unpaired) electrons. The lowest BCUT2D eigenvalue weighted by Crippen LogP contribution is -2.37. The number of hydrogen-bond donors (Lipinski definition) is 4. The highest BCUT2D eigenvalue weighted by atomic mass is 16.3. The van der Waals surface area contributed by atoms with Gasteiger partial charge in [-0.25, -0.2) is 0 Å². The van der Waals surface area contributed by atoms with Gasteiger partial charge in [0.05, 0.1) is 5.56 Å². The van der Waals surface area contributed by atoms with Crippen molar-refractivity contribution in [3.8, 4) is 5.75 Å². The average Bonchev–Trinajstić information content (AvgIpc) is 3.48. The summed E-state index contributed by atoms with van der Waals surface area (Å²) >= 11 is 0. The standard InChI is InChI=1S/C30H34N8O2/c31-19-23-8-6-18-38(23)30-35-28(34-29(36-30)37-16-4-1-5-17-37)33-22-13-11-21(12-14-22)32-27(40)25-15-10-20-7-2-3-9-24(20)26(25)39/h2-3,7,9-15,23,39H,1,4-6,8,16-19,31H2,(H,32,40)(H,33,34,35,36)/t23-/m0/s1. The van der Waals surface area contributed by atoms with Gasteiger partial charge in [-0.15, -0.1) is 0 Å². The van der Waals surface area contributed by atoms with Crippen LogP contribution in [0.15, 0.2) is 60.7 Å². The van der Waals surface area contributed by atoms with Crippen molar-refractivity contribution in [1.29, 1.82) is 0 Å². The quantitative estimate of drug-likeness (QED) is 0.265. The zero-order valence-corrected chi connectivity index (χ0v) is 22.4. The van der Waals surface area contributed by atoms with Crippen LogP contribution in [0.4, 0.5) is 29.2 Å². The van der Waals surface area contributed by atoms with E-state index in [1.54, 1.807) is 24.3 Å². The molecule has 0 unspecified atom stereocenters. The van der Waals surface area contributed by atoms with Crippen molar-refractivity contribution in [2.45, 2.75) is 38.1 Å². The Balaban J connectivity index is 1.20. The molecule has 1 amide bonds. The molecule has 3 heterocycles. The smallest absolute Gasteiger partial charge is 0.259 e. The Morgan fingerprint density at radius 2 is 1.62 bits per heavy atom. The zero-order chi connectivity index (χ0) is 27.5. The molecule has 2 aliphatic rings. The summed E-state index contributed by atoms with van der Waals surface area (Å²) in [4.78, 5) is 31.7. The first-order chi connectivity index (χ1) is 19.6. The third-order valence-corrected chi connectivity index (χ3v) is 7.70. The number of phenolic OH excluding ortho intramolecular Hbond substituents is 1. The monoisotopic (exact) mass is 538 g/mol. The predicted molar refractivity (Wildman–Crippen MR) is 159 cm³/mol. The molecule has 0 bridgehead atoms. The number of piperidine rings is 1. The number of nitrogens with one attached hydrogen (secondary N) is 2. The second kappa shape index (κ2) is 11.4. The van der Waals surface area contributed by atoms with E-state index in [2.05, 4.69) is 20.4 Å². The molecule has 40 heavy (non-hydrogen) atoms. The van der Waals surface area contributed by atoms with E-state index in [-0.39, 0.29) is 23.3 Å². The first-order valence-electron chi connectivity index (χ1n) is 14.0. The molecule has 2 saturated heterocycles. The van der Waals surface area contributed by atoms with Crippen LogP contribution in [0, 0.1) is 0 Å². The SMILES string of the molecule is NC[C@@H]1CCCN1c1nc(Nc2ccc(NC(=O)c3ccc4ccccc4c3O)cc2)nc(N2CCCCC2)n1. The van der Waals surface area contributed by atoms with Crippen LogP contribution in [-0.4, -0.2) is 58.2 Å². The number of aromatic nitrogens is 3. The molecular formula is C30H34N8O2. The summed E-state index contributed by atoms with van der Waals surface area (Å²) in [6, 6.07) is 18.4. The van der Waals surface area contributed by atoms with Gasteiger partial charge in [0.25, 0.3) is 5.91 Å². The molecule has 10 heteroatoms. The maximum Gasteiger partial charge on any atom is 0.259 e. The summed E-state index contributed by atoms with van der Waals surface area (Å²) in [6.07, 6.45) is 5.59. The molecule has 1 aromatic heterocycles. The van der Waals surface area contributed by atoms with E-state index in [1.165, 1.54) is 6.42 Å². The number of rotatable bonds is 7. The highest BCUT2D eigenvalue weighted by Gasteiger charge is 2.27. The molecule has 2 aliphatic heterocycles. The van der Waals surface area contributed by atoms with Crippen LogP contribution < -0.4 is 26.2 Å². The predicted octanol–water partition coefficient (Wildman–Crippen LogP) is 4.64. The van der Waals surface area contributed by atoms with Gasteiger partial charge in [0.1, 0.15) is 5.75 Å². The van der Waals surface area contributed by atoms with E-state index in [0.29, 0.717) is 35.5 Å². The third-order valence-electron chi connectivity index (χ3n) is 7.70. The van der Waals surface area contributed by atoms with Gasteiger partial charge in [-0.1, -0.05) is 30.3 Å². The summed E-state index contributed by atoms with van der Waals surface area (Å²) in [5.74, 6) is 1.42. The second-order valence-electron chi connectivity index (χ2n) is 10.4. The number of aromatic hydroxyl groups is 1. The molecule has 4 aromatic rings. The van der Waals surface area contributed by atoms with E-state index >= 15 is 0 Å². The van der Waals surface area contributed by atoms with Gasteiger partial charge in [-0.2, -0.15) is 15.0 Å². The van der Waals surface area contributed by atoms with Crippen LogP contribution >= 0.6 is 0 Å². The Bertz CT molecular complexity index is 1500. The molecule has 3 aromatic carbocycles. The minimum Gasteiger partial charge on any atom is -0.506 e. The van der Waals surface area contributed by atoms with Crippen LogP contribution in [0.3, 0.4) is 0 Å². The van der Waals surface area contributed by atoms with Gasteiger partial charge in [-0.05, 0) is 67.8 Å². The fourth-order valence-electron chi connectivity index (χ4n) is 5.52. The molecule has 5 N–H and O–H groups in total. The van der Waals surface area contributed by atoms with Crippen molar-refractivity contribution in [3.63, 3.8) is 0 Å². The number of hydrogen-bond acceptors (Lipinski definition) is 9. The summed E-state index contributed by atoms with van der Waals surface area (Å²) in [7, 11) is 0. The van der Waals surface area contributed by atoms with E-state index in [1.807, 2.05) is 36.4 Å². The Kier molecular flexibility index (Phi) is 7.33. The molecule has 0 spiro atoms. The number of fused-ring (bicyclic) bond motifs is 1. The van der Waals surface area contributed by atoms with Crippen LogP contribution in [-0.2, 0) is 0 Å². The van der Waals surface area contributed by atoms with E-state index in [9.17, 15) is 9.90 Å². The molecule has 0 aliphatic carbocycles. The number of anilines is 5. The third kappa shape index (κ3) is 5.35. The van der Waals surface area contributed by atoms with E-state index < -0.39 is 0 Å². The molecule has 6 rings (SSSR count). The summed E-state index contributed by atoms with van der Waals surface area (Å²) in [6.45, 7) is 3.32. The molecular weight excluding hydrogens is 504 g/mol. The summed E-state index contributed by atoms with van der Waals surface area (Å²) < 4.78 is 0. The maximum absolute atomic E-state index is 12.9. The number of carbonyl (C=O) groups excluding carboxylic acids is 1. The Labute approximate surface area is 233 Å². The number of amides is 1. The lowest BCUT2D eigenvalue weighted by Gasteiger charge is -2.29. The maximum atomic E-state index is 12.9. The van der Waals surface area contributed by atoms with Gasteiger partial charge < -0.3 is 31.3 Å². The topological polar surface area (TPSA) is 133 Å². The number of phenols is 1. The number of benzene rings is 3. The minimum absolute atomic E-state index is 0.0288. The van der Waals surface area contributed by atoms with Crippen molar-refractivity contribution in [2.24, 2.45) is 5.73 Å². The van der Waals surface area contributed by atoms with Gasteiger partial charge in [0.15, 0.2) is 0 Å². The Morgan fingerprint density at radius 1 is 0.875 bits per heavy atom. The number of nitrogens with zero attached hydrogens (tertiary/aromatic N) is 5. The number of carbonyl (C=O) groups is 1. The van der Waals surface area contributed by atoms with Gasteiger partial charge in [0.2, 0.25) is 17.8 Å². The fourth-order valence-corrected chi connectivity index (χ4v) is 5.52. The highest BCUT2D eigenvalue weighted by molar-refractivity contribution is 6.09. The lowest BCUT2D eigenvalue weighted by molar-refractivity contribution is 0.102. The molecule has 0 saturated carbocycles. The largest absolute Gasteiger partial charge is 0.506 e. The van der Waals surface area contributed by atoms with Gasteiger partial charge in [0, 0.05) is 49.0 Å². The Hall–Kier alpha value is -4.44. The first-order valence-corrected chi connectivity index (χ1v) is 14.0. The van der Waals surface area contributed by atoms with Gasteiger partial charge in [-0.3, -0.25) is 4.79 Å². The zero-order valence-electron chi connectivity index (χ0n) is 22.4. The van der Waals surface area contributed by atoms with Crippen LogP contribution in [0.1, 0.15) is 42.5 Å². The minimum atomic E-state index is -0.377. The first kappa shape index (κ1) is 25.8. The van der Waals surface area contributed by atoms with Crippen LogP contribution in [0.2, 0.25) is 0 Å². The van der Waals surface area contributed by atoms with Crippen molar-refractivity contribution in [1.82, 2.24) is 15.0 Å². The van der Waals surface area contributed by atoms with Crippen molar-refractivity contribution in [2.75, 3.05) is 46.6 Å². The molecule has 206 valence electrons. The highest BCUT2D eigenvalue weighted by Crippen LogP contribution is 2.30. The van der Waals surface area contributed by atoms with E-state index in [4.69, 9.17) is 20.7 Å². The average molecular weight is 539 g/mol. The van der Waals surface area contributed by atoms with Crippen LogP contribution in [0.25, 0.3) is 10.8 Å². The lowest BCUT2D eigenvalue weighted by atomic mass is 10.0. The molecule has 10 nitrogen and oxygen atoms in total. The summed E-state index contributed by atoms with van der Waals surface area (Å²) in [5, 5.41) is 18.4. The fraction of sp³-hybridized carbons (Fsp3) is 0.333. The second-order valence-corrected chi connectivity index (χ2v) is 10.4. The Morgan fingerprint density at radius 3 is 2.42 bits per heavy atom. The van der Waals surface area contributed by atoms with Crippen molar-refractivity contribution in [3.05, 3.63) is 66.2 Å². The van der Waals surface area contributed by atoms with Gasteiger partial charge >= 0.3 is 0 Å². The molecule has 1 atom stereocenters. The van der Waals surface area contributed by atoms with Crippen molar-refractivity contribution < 1.29 is 9.90 Å². The number of nitrogens with two attached hydrogens (primary N) is 1. The molecule has 2 fully saturated rings. The summed E-state index contributed by atoms with van der Waals surface area (Å²) in [5.41, 5.74) is 7.65.